The van der Waals surface area contributed by atoms with Gasteiger partial charge in [-0.1, -0.05) is 0 Å². The lowest BCUT2D eigenvalue weighted by Crippen LogP contribution is -2.42. The Balaban J connectivity index is 2.00. The average molecular weight is 306 g/mol. The molecule has 1 aromatic carbocycles. The van der Waals surface area contributed by atoms with Crippen LogP contribution in [-0.2, 0) is 11.2 Å². The van der Waals surface area contributed by atoms with Gasteiger partial charge in [0.25, 0.3) is 0 Å². The van der Waals surface area contributed by atoms with Crippen LogP contribution in [0.15, 0.2) is 12.1 Å². The van der Waals surface area contributed by atoms with E-state index in [0.717, 1.165) is 24.9 Å². The summed E-state index contributed by atoms with van der Waals surface area (Å²) in [5.41, 5.74) is 7.00. The van der Waals surface area contributed by atoms with Crippen LogP contribution in [0.5, 0.6) is 11.5 Å². The SMILES string of the molecule is CCOc1cc(CCC(=O)N2CCCCC2C)cc(N)c1O. The van der Waals surface area contributed by atoms with Crippen molar-refractivity contribution in [1.29, 1.82) is 0 Å². The molecule has 0 aromatic heterocycles. The first kappa shape index (κ1) is 16.5. The van der Waals surface area contributed by atoms with Crippen LogP contribution in [0.1, 0.15) is 45.1 Å². The molecule has 122 valence electrons. The lowest BCUT2D eigenvalue weighted by atomic mass is 10.0. The van der Waals surface area contributed by atoms with E-state index in [-0.39, 0.29) is 11.7 Å². The quantitative estimate of drug-likeness (QED) is 0.648. The van der Waals surface area contributed by atoms with Crippen molar-refractivity contribution in [2.45, 2.75) is 52.0 Å². The van der Waals surface area contributed by atoms with Crippen molar-refractivity contribution in [3.8, 4) is 11.5 Å². The van der Waals surface area contributed by atoms with Crippen LogP contribution in [0.4, 0.5) is 5.69 Å². The van der Waals surface area contributed by atoms with Crippen LogP contribution in [0.2, 0.25) is 0 Å². The third-order valence-corrected chi connectivity index (χ3v) is 4.21. The van der Waals surface area contributed by atoms with Gasteiger partial charge >= 0.3 is 0 Å². The number of carbonyl (C=O) groups is 1. The molecule has 1 atom stereocenters. The Morgan fingerprint density at radius 1 is 1.45 bits per heavy atom. The van der Waals surface area contributed by atoms with Crippen molar-refractivity contribution >= 4 is 11.6 Å². The fourth-order valence-corrected chi connectivity index (χ4v) is 2.96. The number of aromatic hydroxyl groups is 1. The van der Waals surface area contributed by atoms with Gasteiger partial charge in [0.15, 0.2) is 11.5 Å². The minimum atomic E-state index is -0.0263. The highest BCUT2D eigenvalue weighted by atomic mass is 16.5. The molecule has 1 aromatic rings. The lowest BCUT2D eigenvalue weighted by Gasteiger charge is -2.33. The van der Waals surface area contributed by atoms with E-state index in [1.54, 1.807) is 12.1 Å². The Bertz CT molecular complexity index is 531. The van der Waals surface area contributed by atoms with E-state index in [1.807, 2.05) is 11.8 Å². The second-order valence-electron chi connectivity index (χ2n) is 5.90. The number of hydrogen-bond acceptors (Lipinski definition) is 4. The number of carbonyl (C=O) groups excluding carboxylic acids is 1. The predicted octanol–water partition coefficient (Wildman–Crippen LogP) is 2.71. The molecule has 0 bridgehead atoms. The molecule has 0 spiro atoms. The van der Waals surface area contributed by atoms with Crippen LogP contribution < -0.4 is 10.5 Å². The van der Waals surface area contributed by atoms with Crippen molar-refractivity contribution in [2.24, 2.45) is 0 Å². The molecule has 3 N–H and O–H groups in total. The van der Waals surface area contributed by atoms with Gasteiger partial charge in [0.2, 0.25) is 5.91 Å². The molecule has 1 fully saturated rings. The molecule has 1 amide bonds. The number of nitrogens with two attached hydrogens (primary N) is 1. The molecular weight excluding hydrogens is 280 g/mol. The number of rotatable bonds is 5. The largest absolute Gasteiger partial charge is 0.503 e. The number of ether oxygens (including phenoxy) is 1. The third kappa shape index (κ3) is 3.84. The fourth-order valence-electron chi connectivity index (χ4n) is 2.96. The number of hydrogen-bond donors (Lipinski definition) is 2. The first-order valence-corrected chi connectivity index (χ1v) is 8.06. The maximum absolute atomic E-state index is 12.4. The Labute approximate surface area is 132 Å². The lowest BCUT2D eigenvalue weighted by molar-refractivity contribution is -0.134. The van der Waals surface area contributed by atoms with E-state index in [9.17, 15) is 9.90 Å². The monoisotopic (exact) mass is 306 g/mol. The van der Waals surface area contributed by atoms with Gasteiger partial charge in [-0.15, -0.1) is 0 Å². The molecule has 1 unspecified atom stereocenters. The van der Waals surface area contributed by atoms with Gasteiger partial charge in [0.05, 0.1) is 12.3 Å². The van der Waals surface area contributed by atoms with Gasteiger partial charge in [-0.05, 0) is 57.2 Å². The second kappa shape index (κ2) is 7.38. The highest BCUT2D eigenvalue weighted by Gasteiger charge is 2.22. The van der Waals surface area contributed by atoms with Crippen LogP contribution in [0.25, 0.3) is 0 Å². The minimum Gasteiger partial charge on any atom is -0.503 e. The highest BCUT2D eigenvalue weighted by molar-refractivity contribution is 5.77. The zero-order chi connectivity index (χ0) is 16.1. The van der Waals surface area contributed by atoms with Crippen molar-refractivity contribution in [3.63, 3.8) is 0 Å². The molecule has 1 saturated heterocycles. The summed E-state index contributed by atoms with van der Waals surface area (Å²) in [6.45, 7) is 5.29. The number of phenols is 1. The molecule has 5 nitrogen and oxygen atoms in total. The smallest absolute Gasteiger partial charge is 0.223 e. The number of nitrogen functional groups attached to an aromatic ring is 1. The Morgan fingerprint density at radius 2 is 2.23 bits per heavy atom. The Morgan fingerprint density at radius 3 is 2.91 bits per heavy atom. The second-order valence-corrected chi connectivity index (χ2v) is 5.90. The fraction of sp³-hybridized carbons (Fsp3) is 0.588. The van der Waals surface area contributed by atoms with E-state index < -0.39 is 0 Å². The van der Waals surface area contributed by atoms with Crippen LogP contribution in [0, 0.1) is 0 Å². The molecule has 22 heavy (non-hydrogen) atoms. The van der Waals surface area contributed by atoms with E-state index in [1.165, 1.54) is 6.42 Å². The summed E-state index contributed by atoms with van der Waals surface area (Å²) in [4.78, 5) is 14.3. The first-order chi connectivity index (χ1) is 10.5. The summed E-state index contributed by atoms with van der Waals surface area (Å²) in [6.07, 6.45) is 4.45. The molecule has 1 heterocycles. The zero-order valence-corrected chi connectivity index (χ0v) is 13.5. The molecule has 1 aliphatic rings. The van der Waals surface area contributed by atoms with Gasteiger partial charge in [0, 0.05) is 19.0 Å². The van der Waals surface area contributed by atoms with Gasteiger partial charge in [-0.2, -0.15) is 0 Å². The molecule has 0 radical (unpaired) electrons. The number of phenolic OH excluding ortho intramolecular Hbond substituents is 1. The predicted molar refractivity (Wildman–Crippen MR) is 87.0 cm³/mol. The topological polar surface area (TPSA) is 75.8 Å². The summed E-state index contributed by atoms with van der Waals surface area (Å²) < 4.78 is 5.37. The number of likely N-dealkylation sites (tertiary alicyclic amines) is 1. The molecule has 1 aliphatic heterocycles. The van der Waals surface area contributed by atoms with E-state index in [0.29, 0.717) is 36.9 Å². The maximum Gasteiger partial charge on any atom is 0.223 e. The number of aryl methyl sites for hydroxylation is 1. The number of nitrogens with zero attached hydrogens (tertiary/aromatic N) is 1. The number of anilines is 1. The van der Waals surface area contributed by atoms with Crippen molar-refractivity contribution in [3.05, 3.63) is 17.7 Å². The first-order valence-electron chi connectivity index (χ1n) is 8.06. The Kier molecular flexibility index (Phi) is 5.52. The van der Waals surface area contributed by atoms with Crippen LogP contribution >= 0.6 is 0 Å². The van der Waals surface area contributed by atoms with Gasteiger partial charge < -0.3 is 20.5 Å². The highest BCUT2D eigenvalue weighted by Crippen LogP contribution is 2.34. The van der Waals surface area contributed by atoms with Gasteiger partial charge in [0.1, 0.15) is 0 Å². The third-order valence-electron chi connectivity index (χ3n) is 4.21. The van der Waals surface area contributed by atoms with E-state index >= 15 is 0 Å². The van der Waals surface area contributed by atoms with Gasteiger partial charge in [-0.25, -0.2) is 0 Å². The van der Waals surface area contributed by atoms with Gasteiger partial charge in [-0.3, -0.25) is 4.79 Å². The van der Waals surface area contributed by atoms with Crippen LogP contribution in [0.3, 0.4) is 0 Å². The van der Waals surface area contributed by atoms with Crippen molar-refractivity contribution in [2.75, 3.05) is 18.9 Å². The van der Waals surface area contributed by atoms with E-state index in [4.69, 9.17) is 10.5 Å². The summed E-state index contributed by atoms with van der Waals surface area (Å²) in [7, 11) is 0. The summed E-state index contributed by atoms with van der Waals surface area (Å²) in [5, 5.41) is 9.84. The van der Waals surface area contributed by atoms with Crippen molar-refractivity contribution < 1.29 is 14.6 Å². The molecular formula is C17H26N2O3. The Hall–Kier alpha value is -1.91. The summed E-state index contributed by atoms with van der Waals surface area (Å²) >= 11 is 0. The summed E-state index contributed by atoms with van der Waals surface area (Å²) in [6, 6.07) is 3.82. The number of benzene rings is 1. The average Bonchev–Trinajstić information content (AvgIpc) is 2.50. The number of piperidine rings is 1. The van der Waals surface area contributed by atoms with Crippen LogP contribution in [-0.4, -0.2) is 35.1 Å². The maximum atomic E-state index is 12.4. The normalized spacial score (nSPS) is 18.3. The van der Waals surface area contributed by atoms with E-state index in [2.05, 4.69) is 6.92 Å². The summed E-state index contributed by atoms with van der Waals surface area (Å²) in [5.74, 6) is 0.551. The molecule has 0 aliphatic carbocycles. The number of amides is 1. The minimum absolute atomic E-state index is 0.0263. The zero-order valence-electron chi connectivity index (χ0n) is 13.5. The molecule has 2 rings (SSSR count). The molecule has 0 saturated carbocycles. The molecule has 5 heteroatoms. The standard InChI is InChI=1S/C17H26N2O3/c1-3-22-15-11-13(10-14(18)17(15)21)7-8-16(20)19-9-5-4-6-12(19)2/h10-12,21H,3-9,18H2,1-2H3. The van der Waals surface area contributed by atoms with Crippen molar-refractivity contribution in [1.82, 2.24) is 4.90 Å².